The average Bonchev–Trinajstić information content (AvgIpc) is 2.90. The van der Waals surface area contributed by atoms with Gasteiger partial charge in [-0.15, -0.1) is 0 Å². The highest BCUT2D eigenvalue weighted by atomic mass is 32.2. The van der Waals surface area contributed by atoms with Gasteiger partial charge in [0, 0.05) is 5.69 Å². The Balaban J connectivity index is 2.12. The lowest BCUT2D eigenvalue weighted by molar-refractivity contribution is -0.137. The number of sulfonamides is 1. The van der Waals surface area contributed by atoms with Gasteiger partial charge in [0.1, 0.15) is 5.69 Å². The van der Waals surface area contributed by atoms with Crippen LogP contribution in [0.15, 0.2) is 54.6 Å². The van der Waals surface area contributed by atoms with Gasteiger partial charge in [0.2, 0.25) is 10.0 Å². The van der Waals surface area contributed by atoms with Gasteiger partial charge in [0.15, 0.2) is 5.82 Å². The predicted molar refractivity (Wildman–Crippen MR) is 101 cm³/mol. The molecule has 0 aliphatic carbocycles. The summed E-state index contributed by atoms with van der Waals surface area (Å²) < 4.78 is 66.4. The largest absolute Gasteiger partial charge is 0.416 e. The summed E-state index contributed by atoms with van der Waals surface area (Å²) in [6.45, 7) is 1.60. The fraction of sp³-hybridized carbons (Fsp3) is 0.167. The molecule has 1 aromatic heterocycles. The first-order valence-electron chi connectivity index (χ1n) is 8.12. The van der Waals surface area contributed by atoms with Gasteiger partial charge in [-0.2, -0.15) is 18.3 Å². The van der Waals surface area contributed by atoms with Crippen molar-refractivity contribution in [3.05, 3.63) is 65.9 Å². The summed E-state index contributed by atoms with van der Waals surface area (Å²) in [6, 6.07) is 13.5. The molecule has 2 N–H and O–H groups in total. The summed E-state index contributed by atoms with van der Waals surface area (Å²) >= 11 is 0. The van der Waals surface area contributed by atoms with Crippen LogP contribution in [0.5, 0.6) is 0 Å². The van der Waals surface area contributed by atoms with Gasteiger partial charge in [-0.25, -0.2) is 13.1 Å². The average molecular weight is 410 g/mol. The molecule has 2 aromatic carbocycles. The van der Waals surface area contributed by atoms with Gasteiger partial charge >= 0.3 is 6.18 Å². The van der Waals surface area contributed by atoms with E-state index in [2.05, 4.69) is 15.1 Å². The zero-order chi connectivity index (χ0) is 20.5. The number of benzene rings is 2. The molecule has 0 aliphatic heterocycles. The monoisotopic (exact) mass is 410 g/mol. The second-order valence-electron chi connectivity index (χ2n) is 6.13. The highest BCUT2D eigenvalue weighted by molar-refractivity contribution is 7.92. The second kappa shape index (κ2) is 7.19. The molecule has 148 valence electrons. The standard InChI is InChI=1S/C18H17F3N4O2S/c1-12-16(24-28(2,26)27)17(25(23-12)15-9-4-3-5-10-15)22-14-8-6-7-13(11-14)18(19,20)21/h3-11,22,24H,1-2H3. The molecule has 28 heavy (non-hydrogen) atoms. The fourth-order valence-electron chi connectivity index (χ4n) is 2.62. The summed E-state index contributed by atoms with van der Waals surface area (Å²) in [7, 11) is -3.64. The maximum absolute atomic E-state index is 13.0. The smallest absolute Gasteiger partial charge is 0.338 e. The number of anilines is 3. The van der Waals surface area contributed by atoms with Crippen molar-refractivity contribution in [3.8, 4) is 5.69 Å². The van der Waals surface area contributed by atoms with Crippen molar-refractivity contribution in [3.63, 3.8) is 0 Å². The van der Waals surface area contributed by atoms with E-state index in [1.807, 2.05) is 0 Å². The summed E-state index contributed by atoms with van der Waals surface area (Å²) in [5.74, 6) is 0.202. The van der Waals surface area contributed by atoms with E-state index in [0.717, 1.165) is 18.4 Å². The lowest BCUT2D eigenvalue weighted by atomic mass is 10.2. The fourth-order valence-corrected chi connectivity index (χ4v) is 3.23. The van der Waals surface area contributed by atoms with Gasteiger partial charge < -0.3 is 5.32 Å². The van der Waals surface area contributed by atoms with E-state index in [0.29, 0.717) is 11.4 Å². The van der Waals surface area contributed by atoms with Crippen molar-refractivity contribution < 1.29 is 21.6 Å². The molecule has 0 unspecified atom stereocenters. The van der Waals surface area contributed by atoms with Crippen LogP contribution in [0.25, 0.3) is 5.69 Å². The topological polar surface area (TPSA) is 76.0 Å². The third-order valence-corrected chi connectivity index (χ3v) is 4.38. The Morgan fingerprint density at radius 1 is 1.04 bits per heavy atom. The third kappa shape index (κ3) is 4.45. The first-order chi connectivity index (χ1) is 13.0. The molecular weight excluding hydrogens is 393 g/mol. The first kappa shape index (κ1) is 19.7. The van der Waals surface area contributed by atoms with Crippen molar-refractivity contribution in [1.82, 2.24) is 9.78 Å². The van der Waals surface area contributed by atoms with E-state index >= 15 is 0 Å². The molecule has 10 heteroatoms. The van der Waals surface area contributed by atoms with E-state index in [-0.39, 0.29) is 17.2 Å². The Morgan fingerprint density at radius 3 is 2.32 bits per heavy atom. The highest BCUT2D eigenvalue weighted by Gasteiger charge is 2.30. The van der Waals surface area contributed by atoms with Crippen molar-refractivity contribution in [2.24, 2.45) is 0 Å². The number of nitrogens with zero attached hydrogens (tertiary/aromatic N) is 2. The van der Waals surface area contributed by atoms with Crippen LogP contribution in [0.1, 0.15) is 11.3 Å². The number of hydrogen-bond acceptors (Lipinski definition) is 4. The molecular formula is C18H17F3N4O2S. The molecule has 0 saturated carbocycles. The van der Waals surface area contributed by atoms with Crippen molar-refractivity contribution in [2.75, 3.05) is 16.3 Å². The third-order valence-electron chi connectivity index (χ3n) is 3.80. The van der Waals surface area contributed by atoms with E-state index in [9.17, 15) is 21.6 Å². The maximum atomic E-state index is 13.0. The van der Waals surface area contributed by atoms with Gasteiger partial charge in [-0.1, -0.05) is 24.3 Å². The van der Waals surface area contributed by atoms with Gasteiger partial charge in [-0.3, -0.25) is 4.72 Å². The van der Waals surface area contributed by atoms with E-state index in [4.69, 9.17) is 0 Å². The number of aromatic nitrogens is 2. The predicted octanol–water partition coefficient (Wildman–Crippen LogP) is 4.31. The lowest BCUT2D eigenvalue weighted by Crippen LogP contribution is -2.12. The van der Waals surface area contributed by atoms with Crippen LogP contribution in [0, 0.1) is 6.92 Å². The summed E-state index contributed by atoms with van der Waals surface area (Å²) in [4.78, 5) is 0. The van der Waals surface area contributed by atoms with Crippen LogP contribution in [-0.4, -0.2) is 24.5 Å². The van der Waals surface area contributed by atoms with Crippen LogP contribution in [0.2, 0.25) is 0 Å². The Kier molecular flexibility index (Phi) is 5.07. The number of rotatable bonds is 5. The molecule has 0 aliphatic rings. The van der Waals surface area contributed by atoms with Gasteiger partial charge in [0.05, 0.1) is 23.2 Å². The summed E-state index contributed by atoms with van der Waals surface area (Å²) in [6.07, 6.45) is -3.51. The number of hydrogen-bond donors (Lipinski definition) is 2. The number of para-hydroxylation sites is 1. The molecule has 3 rings (SSSR count). The van der Waals surface area contributed by atoms with E-state index in [1.165, 1.54) is 16.8 Å². The minimum absolute atomic E-state index is 0.142. The maximum Gasteiger partial charge on any atom is 0.416 e. The van der Waals surface area contributed by atoms with E-state index in [1.54, 1.807) is 37.3 Å². The minimum atomic E-state index is -4.50. The Bertz CT molecular complexity index is 1090. The zero-order valence-electron chi connectivity index (χ0n) is 14.9. The summed E-state index contributed by atoms with van der Waals surface area (Å²) in [5, 5.41) is 7.21. The Hall–Kier alpha value is -3.01. The summed E-state index contributed by atoms with van der Waals surface area (Å²) in [5.41, 5.74) is 0.454. The number of aryl methyl sites for hydroxylation is 1. The number of nitrogens with one attached hydrogen (secondary N) is 2. The van der Waals surface area contributed by atoms with Crippen LogP contribution >= 0.6 is 0 Å². The van der Waals surface area contributed by atoms with E-state index < -0.39 is 21.8 Å². The lowest BCUT2D eigenvalue weighted by Gasteiger charge is -2.14. The quantitative estimate of drug-likeness (QED) is 0.657. The van der Waals surface area contributed by atoms with Crippen LogP contribution in [0.3, 0.4) is 0 Å². The van der Waals surface area contributed by atoms with Crippen LogP contribution in [-0.2, 0) is 16.2 Å². The first-order valence-corrected chi connectivity index (χ1v) is 10.0. The highest BCUT2D eigenvalue weighted by Crippen LogP contribution is 2.35. The van der Waals surface area contributed by atoms with Crippen LogP contribution in [0.4, 0.5) is 30.4 Å². The molecule has 1 heterocycles. The SMILES string of the molecule is Cc1nn(-c2ccccc2)c(Nc2cccc(C(F)(F)F)c2)c1NS(C)(=O)=O. The molecule has 0 spiro atoms. The molecule has 0 fully saturated rings. The second-order valence-corrected chi connectivity index (χ2v) is 7.88. The molecule has 0 radical (unpaired) electrons. The van der Waals surface area contributed by atoms with Crippen LogP contribution < -0.4 is 10.0 Å². The normalized spacial score (nSPS) is 12.0. The molecule has 0 amide bonds. The Labute approximate surface area is 160 Å². The van der Waals surface area contributed by atoms with Crippen molar-refractivity contribution in [1.29, 1.82) is 0 Å². The molecule has 0 atom stereocenters. The van der Waals surface area contributed by atoms with Crippen molar-refractivity contribution >= 4 is 27.2 Å². The van der Waals surface area contributed by atoms with Gasteiger partial charge in [0.25, 0.3) is 0 Å². The molecule has 3 aromatic rings. The van der Waals surface area contributed by atoms with Crippen molar-refractivity contribution in [2.45, 2.75) is 13.1 Å². The molecule has 0 bridgehead atoms. The number of halogens is 3. The zero-order valence-corrected chi connectivity index (χ0v) is 15.8. The van der Waals surface area contributed by atoms with Gasteiger partial charge in [-0.05, 0) is 37.3 Å². The molecule has 0 saturated heterocycles. The minimum Gasteiger partial charge on any atom is -0.338 e. The number of alkyl halides is 3. The Morgan fingerprint density at radius 2 is 1.71 bits per heavy atom. The molecule has 6 nitrogen and oxygen atoms in total.